The smallest absolute Gasteiger partial charge is 0.305 e. The number of ether oxygens (including phenoxy) is 1. The van der Waals surface area contributed by atoms with Gasteiger partial charge in [-0.1, -0.05) is 29.8 Å². The maximum Gasteiger partial charge on any atom is 0.305 e. The second kappa shape index (κ2) is 9.56. The molecule has 0 saturated heterocycles. The molecule has 106 valence electrons. The molecule has 0 bridgehead atoms. The molecule has 0 aliphatic rings. The van der Waals surface area contributed by atoms with Crippen molar-refractivity contribution < 1.29 is 9.53 Å². The highest BCUT2D eigenvalue weighted by molar-refractivity contribution is 5.68. The summed E-state index contributed by atoms with van der Waals surface area (Å²) in [6.07, 6.45) is 4.73. The minimum absolute atomic E-state index is 0.112. The van der Waals surface area contributed by atoms with Crippen LogP contribution in [0.1, 0.15) is 36.8 Å². The monoisotopic (exact) mass is 263 g/mol. The van der Waals surface area contributed by atoms with Crippen LogP contribution >= 0.6 is 0 Å². The van der Waals surface area contributed by atoms with Gasteiger partial charge in [-0.15, -0.1) is 0 Å². The van der Waals surface area contributed by atoms with Crippen LogP contribution in [0, 0.1) is 6.92 Å². The van der Waals surface area contributed by atoms with Crippen molar-refractivity contribution in [2.24, 2.45) is 0 Å². The Kier molecular flexibility index (Phi) is 7.91. The van der Waals surface area contributed by atoms with Gasteiger partial charge in [-0.3, -0.25) is 4.79 Å². The highest BCUT2D eigenvalue weighted by Crippen LogP contribution is 2.06. The molecule has 1 N–H and O–H groups in total. The lowest BCUT2D eigenvalue weighted by molar-refractivity contribution is -0.140. The lowest BCUT2D eigenvalue weighted by Gasteiger charge is -2.05. The normalized spacial score (nSPS) is 10.4. The molecule has 0 amide bonds. The topological polar surface area (TPSA) is 38.3 Å². The van der Waals surface area contributed by atoms with Gasteiger partial charge in [0.1, 0.15) is 0 Å². The molecule has 0 aliphatic carbocycles. The number of nitrogens with one attached hydrogen (secondary N) is 1. The zero-order chi connectivity index (χ0) is 13.9. The predicted octanol–water partition coefficient (Wildman–Crippen LogP) is 2.86. The summed E-state index contributed by atoms with van der Waals surface area (Å²) in [5.41, 5.74) is 2.74. The number of hydrogen-bond acceptors (Lipinski definition) is 3. The number of unbranched alkanes of at least 4 members (excludes halogenated alkanes) is 1. The van der Waals surface area contributed by atoms with Crippen molar-refractivity contribution in [1.82, 2.24) is 5.32 Å². The van der Waals surface area contributed by atoms with Crippen LogP contribution in [0.15, 0.2) is 24.3 Å². The lowest BCUT2D eigenvalue weighted by atomic mass is 10.1. The lowest BCUT2D eigenvalue weighted by Crippen LogP contribution is -2.17. The van der Waals surface area contributed by atoms with Crippen molar-refractivity contribution in [2.45, 2.75) is 39.0 Å². The van der Waals surface area contributed by atoms with E-state index in [1.807, 2.05) is 0 Å². The third-order valence-electron chi connectivity index (χ3n) is 3.11. The number of hydrogen-bond donors (Lipinski definition) is 1. The van der Waals surface area contributed by atoms with E-state index >= 15 is 0 Å². The second-order valence-electron chi connectivity index (χ2n) is 4.88. The van der Waals surface area contributed by atoms with Gasteiger partial charge in [-0.25, -0.2) is 0 Å². The first-order chi connectivity index (χ1) is 9.22. The molecular weight excluding hydrogens is 238 g/mol. The number of rotatable bonds is 9. The Hall–Kier alpha value is -1.35. The fourth-order valence-corrected chi connectivity index (χ4v) is 2.03. The van der Waals surface area contributed by atoms with Gasteiger partial charge in [-0.05, 0) is 51.3 Å². The van der Waals surface area contributed by atoms with Crippen molar-refractivity contribution in [3.63, 3.8) is 0 Å². The highest BCUT2D eigenvalue weighted by Gasteiger charge is 1.98. The Morgan fingerprint density at radius 3 is 2.74 bits per heavy atom. The summed E-state index contributed by atoms with van der Waals surface area (Å²) >= 11 is 0. The summed E-state index contributed by atoms with van der Waals surface area (Å²) in [6.45, 7) is 4.14. The molecule has 1 rings (SSSR count). The molecule has 0 aromatic heterocycles. The molecule has 0 heterocycles. The maximum atomic E-state index is 10.9. The molecular formula is C16H25NO2. The first-order valence-electron chi connectivity index (χ1n) is 7.05. The van der Waals surface area contributed by atoms with Crippen molar-refractivity contribution in [3.05, 3.63) is 35.4 Å². The van der Waals surface area contributed by atoms with Crippen molar-refractivity contribution in [2.75, 3.05) is 20.2 Å². The van der Waals surface area contributed by atoms with Crippen LogP contribution in [0.25, 0.3) is 0 Å². The number of carbonyl (C=O) groups excluding carboxylic acids is 1. The van der Waals surface area contributed by atoms with Gasteiger partial charge in [0.25, 0.3) is 0 Å². The number of aryl methyl sites for hydroxylation is 2. The van der Waals surface area contributed by atoms with Crippen LogP contribution in [0.2, 0.25) is 0 Å². The number of benzene rings is 1. The molecule has 0 radical (unpaired) electrons. The van der Waals surface area contributed by atoms with E-state index in [0.717, 1.165) is 38.8 Å². The molecule has 0 spiro atoms. The molecule has 0 atom stereocenters. The van der Waals surface area contributed by atoms with E-state index in [-0.39, 0.29) is 5.97 Å². The molecule has 19 heavy (non-hydrogen) atoms. The zero-order valence-electron chi connectivity index (χ0n) is 12.1. The van der Waals surface area contributed by atoms with Crippen LogP contribution < -0.4 is 5.32 Å². The zero-order valence-corrected chi connectivity index (χ0v) is 12.1. The van der Waals surface area contributed by atoms with Gasteiger partial charge in [0.05, 0.1) is 7.11 Å². The summed E-state index contributed by atoms with van der Waals surface area (Å²) in [6, 6.07) is 8.67. The van der Waals surface area contributed by atoms with E-state index in [2.05, 4.69) is 41.2 Å². The molecule has 0 fully saturated rings. The van der Waals surface area contributed by atoms with Crippen LogP contribution in [-0.2, 0) is 16.0 Å². The summed E-state index contributed by atoms with van der Waals surface area (Å²) in [5, 5.41) is 3.41. The van der Waals surface area contributed by atoms with Gasteiger partial charge in [-0.2, -0.15) is 0 Å². The number of esters is 1. The first-order valence-corrected chi connectivity index (χ1v) is 7.05. The molecule has 0 aliphatic heterocycles. The second-order valence-corrected chi connectivity index (χ2v) is 4.88. The predicted molar refractivity (Wildman–Crippen MR) is 78.2 cm³/mol. The third kappa shape index (κ3) is 7.62. The van der Waals surface area contributed by atoms with Crippen molar-refractivity contribution in [3.8, 4) is 0 Å². The van der Waals surface area contributed by atoms with Crippen molar-refractivity contribution >= 4 is 5.97 Å². The summed E-state index contributed by atoms with van der Waals surface area (Å²) in [5.74, 6) is -0.112. The van der Waals surface area contributed by atoms with Gasteiger partial charge in [0.2, 0.25) is 0 Å². The van der Waals surface area contributed by atoms with E-state index in [4.69, 9.17) is 0 Å². The fraction of sp³-hybridized carbons (Fsp3) is 0.562. The van der Waals surface area contributed by atoms with Gasteiger partial charge in [0, 0.05) is 6.42 Å². The SMILES string of the molecule is COC(=O)CCCCNCCCc1cccc(C)c1. The molecule has 3 nitrogen and oxygen atoms in total. The van der Waals surface area contributed by atoms with E-state index in [1.54, 1.807) is 0 Å². The van der Waals surface area contributed by atoms with Gasteiger partial charge < -0.3 is 10.1 Å². The number of carbonyl (C=O) groups is 1. The average Bonchev–Trinajstić information content (AvgIpc) is 2.41. The molecule has 3 heteroatoms. The average molecular weight is 263 g/mol. The minimum atomic E-state index is -0.112. The largest absolute Gasteiger partial charge is 0.469 e. The Labute approximate surface area is 116 Å². The quantitative estimate of drug-likeness (QED) is 0.550. The molecule has 0 saturated carbocycles. The Morgan fingerprint density at radius 1 is 1.21 bits per heavy atom. The van der Waals surface area contributed by atoms with Gasteiger partial charge >= 0.3 is 5.97 Å². The van der Waals surface area contributed by atoms with E-state index in [9.17, 15) is 4.79 Å². The highest BCUT2D eigenvalue weighted by atomic mass is 16.5. The standard InChI is InChI=1S/C16H25NO2/c1-14-7-5-8-15(13-14)9-6-12-17-11-4-3-10-16(18)19-2/h5,7-8,13,17H,3-4,6,9-12H2,1-2H3. The van der Waals surface area contributed by atoms with Crippen LogP contribution in [0.3, 0.4) is 0 Å². The fourth-order valence-electron chi connectivity index (χ4n) is 2.03. The van der Waals surface area contributed by atoms with E-state index in [0.29, 0.717) is 6.42 Å². The minimum Gasteiger partial charge on any atom is -0.469 e. The Bertz CT molecular complexity index is 377. The van der Waals surface area contributed by atoms with Crippen LogP contribution in [0.4, 0.5) is 0 Å². The Morgan fingerprint density at radius 2 is 2.00 bits per heavy atom. The van der Waals surface area contributed by atoms with E-state index < -0.39 is 0 Å². The summed E-state index contributed by atoms with van der Waals surface area (Å²) in [7, 11) is 1.44. The van der Waals surface area contributed by atoms with Crippen LogP contribution in [0.5, 0.6) is 0 Å². The molecule has 1 aromatic rings. The Balaban J connectivity index is 1.95. The third-order valence-corrected chi connectivity index (χ3v) is 3.11. The van der Waals surface area contributed by atoms with Crippen LogP contribution in [-0.4, -0.2) is 26.2 Å². The molecule has 1 aromatic carbocycles. The first kappa shape index (κ1) is 15.7. The van der Waals surface area contributed by atoms with E-state index in [1.165, 1.54) is 18.2 Å². The number of methoxy groups -OCH3 is 1. The van der Waals surface area contributed by atoms with Crippen molar-refractivity contribution in [1.29, 1.82) is 0 Å². The maximum absolute atomic E-state index is 10.9. The molecule has 0 unspecified atom stereocenters. The van der Waals surface area contributed by atoms with Gasteiger partial charge in [0.15, 0.2) is 0 Å². The summed E-state index contributed by atoms with van der Waals surface area (Å²) in [4.78, 5) is 10.9. The summed E-state index contributed by atoms with van der Waals surface area (Å²) < 4.78 is 4.59.